The minimum absolute atomic E-state index is 0.327. The molecule has 0 saturated heterocycles. The van der Waals surface area contributed by atoms with E-state index in [4.69, 9.17) is 0 Å². The van der Waals surface area contributed by atoms with E-state index in [-0.39, 0.29) is 0 Å². The maximum atomic E-state index is 3.61. The van der Waals surface area contributed by atoms with Gasteiger partial charge in [-0.3, -0.25) is 0 Å². The summed E-state index contributed by atoms with van der Waals surface area (Å²) in [6.07, 6.45) is 7.14. The van der Waals surface area contributed by atoms with Gasteiger partial charge in [0.25, 0.3) is 0 Å². The lowest BCUT2D eigenvalue weighted by molar-refractivity contribution is 0.388. The number of rotatable bonds is 7. The first-order chi connectivity index (χ1) is 7.14. The SMILES string of the molecule is CCC(C)(C)NCCSCC1CCCC1. The third-order valence-electron chi connectivity index (χ3n) is 3.56. The summed E-state index contributed by atoms with van der Waals surface area (Å²) in [5.74, 6) is 3.71. The molecule has 0 amide bonds. The number of hydrogen-bond acceptors (Lipinski definition) is 2. The van der Waals surface area contributed by atoms with Crippen molar-refractivity contribution in [3.63, 3.8) is 0 Å². The Labute approximate surface area is 99.8 Å². The quantitative estimate of drug-likeness (QED) is 0.668. The van der Waals surface area contributed by atoms with E-state index in [1.807, 2.05) is 0 Å². The van der Waals surface area contributed by atoms with E-state index in [2.05, 4.69) is 37.8 Å². The summed E-state index contributed by atoms with van der Waals surface area (Å²) >= 11 is 2.14. The van der Waals surface area contributed by atoms with Gasteiger partial charge in [-0.05, 0) is 44.8 Å². The van der Waals surface area contributed by atoms with Crippen LogP contribution in [-0.2, 0) is 0 Å². The molecule has 0 atom stereocenters. The first kappa shape index (κ1) is 13.4. The van der Waals surface area contributed by atoms with Crippen LogP contribution in [0.25, 0.3) is 0 Å². The van der Waals surface area contributed by atoms with Crippen LogP contribution >= 0.6 is 11.8 Å². The van der Waals surface area contributed by atoms with Crippen molar-refractivity contribution < 1.29 is 0 Å². The fraction of sp³-hybridized carbons (Fsp3) is 1.00. The first-order valence-electron chi connectivity index (χ1n) is 6.47. The lowest BCUT2D eigenvalue weighted by atomic mass is 10.0. The Balaban J connectivity index is 1.92. The van der Waals surface area contributed by atoms with Gasteiger partial charge in [-0.1, -0.05) is 19.8 Å². The van der Waals surface area contributed by atoms with Gasteiger partial charge in [-0.25, -0.2) is 0 Å². The Hall–Kier alpha value is 0.310. The molecule has 0 aliphatic heterocycles. The Bertz CT molecular complexity index is 162. The van der Waals surface area contributed by atoms with Crippen molar-refractivity contribution in [3.05, 3.63) is 0 Å². The zero-order valence-corrected chi connectivity index (χ0v) is 11.5. The molecule has 1 aliphatic carbocycles. The van der Waals surface area contributed by atoms with E-state index < -0.39 is 0 Å². The highest BCUT2D eigenvalue weighted by molar-refractivity contribution is 7.99. The highest BCUT2D eigenvalue weighted by Gasteiger charge is 2.15. The molecule has 1 saturated carbocycles. The topological polar surface area (TPSA) is 12.0 Å². The minimum atomic E-state index is 0.327. The molecule has 0 spiro atoms. The second-order valence-corrected chi connectivity index (χ2v) is 6.54. The van der Waals surface area contributed by atoms with Gasteiger partial charge >= 0.3 is 0 Å². The fourth-order valence-corrected chi connectivity index (χ4v) is 3.09. The summed E-state index contributed by atoms with van der Waals surface area (Å²) in [7, 11) is 0. The van der Waals surface area contributed by atoms with Gasteiger partial charge in [0, 0.05) is 17.8 Å². The monoisotopic (exact) mass is 229 g/mol. The fourth-order valence-electron chi connectivity index (χ4n) is 2.01. The Kier molecular flexibility index (Phi) is 6.06. The number of nitrogens with one attached hydrogen (secondary N) is 1. The van der Waals surface area contributed by atoms with Crippen molar-refractivity contribution in [2.75, 3.05) is 18.1 Å². The molecule has 0 aromatic heterocycles. The van der Waals surface area contributed by atoms with E-state index >= 15 is 0 Å². The predicted octanol–water partition coefficient (Wildman–Crippen LogP) is 3.69. The normalized spacial score (nSPS) is 18.6. The van der Waals surface area contributed by atoms with Crippen molar-refractivity contribution in [1.82, 2.24) is 5.32 Å². The summed E-state index contributed by atoms with van der Waals surface area (Å²) in [5, 5.41) is 3.61. The molecule has 0 aromatic rings. The van der Waals surface area contributed by atoms with E-state index in [9.17, 15) is 0 Å². The van der Waals surface area contributed by atoms with Crippen molar-refractivity contribution in [1.29, 1.82) is 0 Å². The van der Waals surface area contributed by atoms with Crippen LogP contribution in [0.3, 0.4) is 0 Å². The molecule has 1 N–H and O–H groups in total. The zero-order chi connectivity index (χ0) is 11.1. The van der Waals surface area contributed by atoms with Crippen LogP contribution in [0.5, 0.6) is 0 Å². The zero-order valence-electron chi connectivity index (χ0n) is 10.6. The molecule has 0 aromatic carbocycles. The van der Waals surface area contributed by atoms with Gasteiger partial charge in [0.2, 0.25) is 0 Å². The van der Waals surface area contributed by atoms with Gasteiger partial charge in [0.05, 0.1) is 0 Å². The number of hydrogen-bond donors (Lipinski definition) is 1. The largest absolute Gasteiger partial charge is 0.311 e. The summed E-state index contributed by atoms with van der Waals surface area (Å²) in [6, 6.07) is 0. The smallest absolute Gasteiger partial charge is 0.0122 e. The molecule has 0 unspecified atom stereocenters. The van der Waals surface area contributed by atoms with Crippen LogP contribution in [-0.4, -0.2) is 23.6 Å². The molecule has 90 valence electrons. The van der Waals surface area contributed by atoms with E-state index in [0.717, 1.165) is 12.5 Å². The maximum absolute atomic E-state index is 3.61. The van der Waals surface area contributed by atoms with E-state index in [0.29, 0.717) is 5.54 Å². The third-order valence-corrected chi connectivity index (χ3v) is 4.76. The molecule has 0 radical (unpaired) electrons. The third kappa shape index (κ3) is 5.82. The second-order valence-electron chi connectivity index (χ2n) is 5.39. The van der Waals surface area contributed by atoms with Crippen LogP contribution in [0.1, 0.15) is 52.9 Å². The lowest BCUT2D eigenvalue weighted by Crippen LogP contribution is -2.39. The van der Waals surface area contributed by atoms with E-state index in [1.54, 1.807) is 0 Å². The van der Waals surface area contributed by atoms with Gasteiger partial charge in [0.15, 0.2) is 0 Å². The molecule has 2 heteroatoms. The standard InChI is InChI=1S/C13H27NS/c1-4-13(2,3)14-9-10-15-11-12-7-5-6-8-12/h12,14H,4-11H2,1-3H3. The predicted molar refractivity (Wildman–Crippen MR) is 71.7 cm³/mol. The molecular formula is C13H27NS. The summed E-state index contributed by atoms with van der Waals surface area (Å²) < 4.78 is 0. The van der Waals surface area contributed by atoms with Crippen molar-refractivity contribution in [2.45, 2.75) is 58.4 Å². The molecule has 1 fully saturated rings. The van der Waals surface area contributed by atoms with E-state index in [1.165, 1.54) is 43.6 Å². The Morgan fingerprint density at radius 3 is 2.53 bits per heavy atom. The van der Waals surface area contributed by atoms with Crippen molar-refractivity contribution in [2.24, 2.45) is 5.92 Å². The molecular weight excluding hydrogens is 202 g/mol. The second kappa shape index (κ2) is 6.80. The van der Waals surface area contributed by atoms with Crippen LogP contribution < -0.4 is 5.32 Å². The maximum Gasteiger partial charge on any atom is 0.0122 e. The highest BCUT2D eigenvalue weighted by atomic mass is 32.2. The van der Waals surface area contributed by atoms with Crippen LogP contribution in [0, 0.1) is 5.92 Å². The lowest BCUT2D eigenvalue weighted by Gasteiger charge is -2.24. The average molecular weight is 229 g/mol. The van der Waals surface area contributed by atoms with Crippen molar-refractivity contribution in [3.8, 4) is 0 Å². The van der Waals surface area contributed by atoms with Crippen LogP contribution in [0.4, 0.5) is 0 Å². The Morgan fingerprint density at radius 2 is 1.93 bits per heavy atom. The molecule has 15 heavy (non-hydrogen) atoms. The van der Waals surface area contributed by atoms with Gasteiger partial charge < -0.3 is 5.32 Å². The number of thioether (sulfide) groups is 1. The molecule has 1 rings (SSSR count). The van der Waals surface area contributed by atoms with Crippen molar-refractivity contribution >= 4 is 11.8 Å². The van der Waals surface area contributed by atoms with Crippen LogP contribution in [0.15, 0.2) is 0 Å². The van der Waals surface area contributed by atoms with Gasteiger partial charge in [-0.15, -0.1) is 0 Å². The average Bonchev–Trinajstić information content (AvgIpc) is 2.70. The van der Waals surface area contributed by atoms with Gasteiger partial charge in [-0.2, -0.15) is 11.8 Å². The molecule has 0 heterocycles. The summed E-state index contributed by atoms with van der Waals surface area (Å²) in [6.45, 7) is 7.99. The Morgan fingerprint density at radius 1 is 1.27 bits per heavy atom. The molecule has 1 aliphatic rings. The summed E-state index contributed by atoms with van der Waals surface area (Å²) in [4.78, 5) is 0. The molecule has 1 nitrogen and oxygen atoms in total. The summed E-state index contributed by atoms with van der Waals surface area (Å²) in [5.41, 5.74) is 0.327. The minimum Gasteiger partial charge on any atom is -0.311 e. The van der Waals surface area contributed by atoms with Gasteiger partial charge in [0.1, 0.15) is 0 Å². The highest BCUT2D eigenvalue weighted by Crippen LogP contribution is 2.27. The molecule has 0 bridgehead atoms. The van der Waals surface area contributed by atoms with Crippen LogP contribution in [0.2, 0.25) is 0 Å². The first-order valence-corrected chi connectivity index (χ1v) is 7.62.